The molecule has 0 aliphatic carbocycles. The molecule has 0 N–H and O–H groups in total. The van der Waals surface area contributed by atoms with Gasteiger partial charge >= 0.3 is 0 Å². The fraction of sp³-hybridized carbons (Fsp3) is 0.667. The predicted molar refractivity (Wildman–Crippen MR) is 67.7 cm³/mol. The van der Waals surface area contributed by atoms with E-state index >= 15 is 0 Å². The van der Waals surface area contributed by atoms with Crippen molar-refractivity contribution in [3.63, 3.8) is 0 Å². The third-order valence-corrected chi connectivity index (χ3v) is 3.33. The Morgan fingerprint density at radius 3 is 2.53 bits per heavy atom. The summed E-state index contributed by atoms with van der Waals surface area (Å²) in [5, 5.41) is 0.356. The van der Waals surface area contributed by atoms with Crippen LogP contribution in [0.1, 0.15) is 24.2 Å². The van der Waals surface area contributed by atoms with Gasteiger partial charge in [-0.1, -0.05) is 11.6 Å². The minimum atomic E-state index is 0.356. The van der Waals surface area contributed by atoms with Crippen molar-refractivity contribution in [2.75, 3.05) is 26.2 Å². The average Bonchev–Trinajstić information content (AvgIpc) is 2.78. The van der Waals surface area contributed by atoms with Crippen LogP contribution in [0.2, 0.25) is 5.15 Å². The normalized spacial score (nSPS) is 16.4. The van der Waals surface area contributed by atoms with E-state index in [0.29, 0.717) is 17.6 Å². The Kier molecular flexibility index (Phi) is 4.18. The number of ether oxygens (including phenoxy) is 1. The summed E-state index contributed by atoms with van der Waals surface area (Å²) in [6.07, 6.45) is 2.59. The SMILES string of the molecule is Cc1nc(Cl)c(OCCN2CCCC2)nc1C. The molecule has 2 rings (SSSR count). The zero-order chi connectivity index (χ0) is 12.3. The Morgan fingerprint density at radius 2 is 1.82 bits per heavy atom. The van der Waals surface area contributed by atoms with Gasteiger partial charge in [0, 0.05) is 6.54 Å². The van der Waals surface area contributed by atoms with Crippen LogP contribution >= 0.6 is 11.6 Å². The third kappa shape index (κ3) is 3.30. The topological polar surface area (TPSA) is 38.2 Å². The van der Waals surface area contributed by atoms with E-state index in [1.165, 1.54) is 25.9 Å². The van der Waals surface area contributed by atoms with Crippen molar-refractivity contribution in [3.8, 4) is 5.88 Å². The number of nitrogens with zero attached hydrogens (tertiary/aromatic N) is 3. The molecule has 5 heteroatoms. The molecule has 0 amide bonds. The fourth-order valence-corrected chi connectivity index (χ4v) is 2.15. The van der Waals surface area contributed by atoms with Gasteiger partial charge in [0.2, 0.25) is 0 Å². The van der Waals surface area contributed by atoms with Gasteiger partial charge in [-0.15, -0.1) is 0 Å². The largest absolute Gasteiger partial charge is 0.474 e. The molecule has 1 fully saturated rings. The van der Waals surface area contributed by atoms with Gasteiger partial charge in [0.15, 0.2) is 5.15 Å². The highest BCUT2D eigenvalue weighted by atomic mass is 35.5. The lowest BCUT2D eigenvalue weighted by Crippen LogP contribution is -2.25. The molecular formula is C12H18ClN3O. The van der Waals surface area contributed by atoms with Crippen molar-refractivity contribution < 1.29 is 4.74 Å². The summed E-state index contributed by atoms with van der Waals surface area (Å²) in [7, 11) is 0. The van der Waals surface area contributed by atoms with Crippen LogP contribution in [0.5, 0.6) is 5.88 Å². The quantitative estimate of drug-likeness (QED) is 0.827. The van der Waals surface area contributed by atoms with E-state index in [9.17, 15) is 0 Å². The first-order valence-corrected chi connectivity index (χ1v) is 6.40. The van der Waals surface area contributed by atoms with Crippen LogP contribution in [0.3, 0.4) is 0 Å². The van der Waals surface area contributed by atoms with Crippen molar-refractivity contribution in [2.45, 2.75) is 26.7 Å². The Bertz CT molecular complexity index is 392. The lowest BCUT2D eigenvalue weighted by Gasteiger charge is -2.15. The molecule has 1 aliphatic heterocycles. The van der Waals surface area contributed by atoms with E-state index in [2.05, 4.69) is 14.9 Å². The van der Waals surface area contributed by atoms with Gasteiger partial charge < -0.3 is 4.74 Å². The number of hydrogen-bond donors (Lipinski definition) is 0. The van der Waals surface area contributed by atoms with Crippen LogP contribution in [-0.2, 0) is 0 Å². The molecule has 0 bridgehead atoms. The van der Waals surface area contributed by atoms with Crippen molar-refractivity contribution in [1.82, 2.24) is 14.9 Å². The summed E-state index contributed by atoms with van der Waals surface area (Å²) in [6.45, 7) is 7.71. The van der Waals surface area contributed by atoms with Gasteiger partial charge in [-0.2, -0.15) is 0 Å². The van der Waals surface area contributed by atoms with E-state index in [4.69, 9.17) is 16.3 Å². The molecule has 1 saturated heterocycles. The number of aryl methyl sites for hydroxylation is 2. The molecular weight excluding hydrogens is 238 g/mol. The predicted octanol–water partition coefficient (Wildman–Crippen LogP) is 2.22. The minimum Gasteiger partial charge on any atom is -0.474 e. The number of hydrogen-bond acceptors (Lipinski definition) is 4. The molecule has 0 saturated carbocycles. The van der Waals surface area contributed by atoms with Crippen LogP contribution in [0.4, 0.5) is 0 Å². The molecule has 4 nitrogen and oxygen atoms in total. The molecule has 0 unspecified atom stereocenters. The van der Waals surface area contributed by atoms with Gasteiger partial charge in [-0.3, -0.25) is 4.90 Å². The number of rotatable bonds is 4. The summed E-state index contributed by atoms with van der Waals surface area (Å²) < 4.78 is 5.59. The number of likely N-dealkylation sites (tertiary alicyclic amines) is 1. The van der Waals surface area contributed by atoms with Crippen LogP contribution in [0, 0.1) is 13.8 Å². The Morgan fingerprint density at radius 1 is 1.18 bits per heavy atom. The van der Waals surface area contributed by atoms with Crippen molar-refractivity contribution in [3.05, 3.63) is 16.5 Å². The zero-order valence-corrected chi connectivity index (χ0v) is 11.1. The fourth-order valence-electron chi connectivity index (χ4n) is 1.92. The molecule has 2 heterocycles. The van der Waals surface area contributed by atoms with Gasteiger partial charge in [-0.05, 0) is 39.8 Å². The van der Waals surface area contributed by atoms with Crippen molar-refractivity contribution in [1.29, 1.82) is 0 Å². The van der Waals surface area contributed by atoms with E-state index < -0.39 is 0 Å². The Hall–Kier alpha value is -0.870. The van der Waals surface area contributed by atoms with Crippen molar-refractivity contribution in [2.24, 2.45) is 0 Å². The second-order valence-corrected chi connectivity index (χ2v) is 4.75. The van der Waals surface area contributed by atoms with E-state index in [-0.39, 0.29) is 0 Å². The highest BCUT2D eigenvalue weighted by molar-refractivity contribution is 6.30. The summed E-state index contributed by atoms with van der Waals surface area (Å²) in [5.74, 6) is 0.453. The van der Waals surface area contributed by atoms with Gasteiger partial charge in [-0.25, -0.2) is 9.97 Å². The summed E-state index contributed by atoms with van der Waals surface area (Å²) in [5.41, 5.74) is 1.72. The first kappa shape index (κ1) is 12.6. The second kappa shape index (κ2) is 5.65. The van der Waals surface area contributed by atoms with Crippen LogP contribution < -0.4 is 4.74 Å². The molecule has 17 heavy (non-hydrogen) atoms. The smallest absolute Gasteiger partial charge is 0.252 e. The summed E-state index contributed by atoms with van der Waals surface area (Å²) >= 11 is 5.98. The molecule has 1 aromatic rings. The lowest BCUT2D eigenvalue weighted by molar-refractivity contribution is 0.231. The maximum atomic E-state index is 5.98. The maximum Gasteiger partial charge on any atom is 0.252 e. The molecule has 0 spiro atoms. The molecule has 1 aliphatic rings. The van der Waals surface area contributed by atoms with Gasteiger partial charge in [0.05, 0.1) is 11.4 Å². The van der Waals surface area contributed by atoms with E-state index in [1.807, 2.05) is 13.8 Å². The average molecular weight is 256 g/mol. The molecule has 1 aromatic heterocycles. The van der Waals surface area contributed by atoms with Crippen LogP contribution in [-0.4, -0.2) is 41.1 Å². The molecule has 94 valence electrons. The molecule has 0 aromatic carbocycles. The monoisotopic (exact) mass is 255 g/mol. The third-order valence-electron chi connectivity index (χ3n) is 3.08. The number of aromatic nitrogens is 2. The highest BCUT2D eigenvalue weighted by Gasteiger charge is 2.12. The first-order chi connectivity index (χ1) is 8.16. The van der Waals surface area contributed by atoms with Gasteiger partial charge in [0.25, 0.3) is 5.88 Å². The highest BCUT2D eigenvalue weighted by Crippen LogP contribution is 2.20. The molecule has 0 atom stereocenters. The van der Waals surface area contributed by atoms with Crippen LogP contribution in [0.25, 0.3) is 0 Å². The van der Waals surface area contributed by atoms with E-state index in [1.54, 1.807) is 0 Å². The standard InChI is InChI=1S/C12H18ClN3O/c1-9-10(2)15-12(11(13)14-9)17-8-7-16-5-3-4-6-16/h3-8H2,1-2H3. The molecule has 0 radical (unpaired) electrons. The zero-order valence-electron chi connectivity index (χ0n) is 10.4. The van der Waals surface area contributed by atoms with Crippen molar-refractivity contribution >= 4 is 11.6 Å². The Balaban J connectivity index is 1.87. The second-order valence-electron chi connectivity index (χ2n) is 4.39. The Labute approximate surface area is 107 Å². The van der Waals surface area contributed by atoms with Gasteiger partial charge in [0.1, 0.15) is 6.61 Å². The number of halogens is 1. The first-order valence-electron chi connectivity index (χ1n) is 6.02. The van der Waals surface area contributed by atoms with Crippen LogP contribution in [0.15, 0.2) is 0 Å². The minimum absolute atomic E-state index is 0.356. The maximum absolute atomic E-state index is 5.98. The van der Waals surface area contributed by atoms with E-state index in [0.717, 1.165) is 17.9 Å². The lowest BCUT2D eigenvalue weighted by atomic mass is 10.3. The summed E-state index contributed by atoms with van der Waals surface area (Å²) in [4.78, 5) is 10.9. The summed E-state index contributed by atoms with van der Waals surface area (Å²) in [6, 6.07) is 0.